The first-order valence-electron chi connectivity index (χ1n) is 14.8. The number of unbranched alkanes of at least 4 members (excludes halogenated alkanes) is 3. The molecule has 5 N–H and O–H groups in total. The average molecular weight is 617 g/mol. The van der Waals surface area contributed by atoms with Gasteiger partial charge < -0.3 is 26.6 Å². The van der Waals surface area contributed by atoms with E-state index in [9.17, 15) is 33.6 Å². The van der Waals surface area contributed by atoms with E-state index in [1.165, 1.54) is 35.5 Å². The van der Waals surface area contributed by atoms with Crippen LogP contribution in [0.25, 0.3) is 0 Å². The molecule has 13 heteroatoms. The monoisotopic (exact) mass is 616 g/mol. The third-order valence-electron chi connectivity index (χ3n) is 6.11. The molecular weight excluding hydrogens is 568 g/mol. The third-order valence-corrected chi connectivity index (χ3v) is 6.11. The molecule has 2 rings (SSSR count). The highest BCUT2D eigenvalue weighted by Crippen LogP contribution is 2.07. The number of carbonyl (C=O) groups excluding carboxylic acids is 7. The van der Waals surface area contributed by atoms with E-state index in [1.54, 1.807) is 0 Å². The van der Waals surface area contributed by atoms with Gasteiger partial charge in [-0.15, -0.1) is 0 Å². The maximum atomic E-state index is 11.5. The minimum Gasteiger partial charge on any atom is -0.354 e. The number of hydrogen-bond donors (Lipinski definition) is 5. The Morgan fingerprint density at radius 2 is 1.25 bits per heavy atom. The van der Waals surface area contributed by atoms with Crippen molar-refractivity contribution in [1.82, 2.24) is 31.5 Å². The molecule has 44 heavy (non-hydrogen) atoms. The van der Waals surface area contributed by atoms with Crippen molar-refractivity contribution in [2.24, 2.45) is 5.92 Å². The molecule has 7 amide bonds. The van der Waals surface area contributed by atoms with Crippen LogP contribution in [0.4, 0.5) is 0 Å². The number of hydrogen-bond acceptors (Lipinski definition) is 7. The van der Waals surface area contributed by atoms with Gasteiger partial charge in [-0.2, -0.15) is 0 Å². The van der Waals surface area contributed by atoms with Crippen molar-refractivity contribution >= 4 is 41.9 Å². The smallest absolute Gasteiger partial charge is 0.253 e. The molecule has 0 aromatic heterocycles. The minimum absolute atomic E-state index is 0.165. The van der Waals surface area contributed by atoms with E-state index in [-0.39, 0.29) is 43.9 Å². The molecule has 1 atom stereocenters. The number of benzene rings is 1. The second-order valence-electron chi connectivity index (χ2n) is 10.0. The maximum absolute atomic E-state index is 11.5. The summed E-state index contributed by atoms with van der Waals surface area (Å²) < 4.78 is 0. The minimum atomic E-state index is -0.564. The van der Waals surface area contributed by atoms with Crippen LogP contribution < -0.4 is 26.6 Å². The van der Waals surface area contributed by atoms with Gasteiger partial charge >= 0.3 is 0 Å². The second kappa shape index (κ2) is 25.0. The Labute approximate surface area is 260 Å². The van der Waals surface area contributed by atoms with Crippen LogP contribution in [0, 0.1) is 12.8 Å². The van der Waals surface area contributed by atoms with Gasteiger partial charge in [-0.3, -0.25) is 38.5 Å². The van der Waals surface area contributed by atoms with Crippen molar-refractivity contribution in [3.05, 3.63) is 48.0 Å². The molecule has 0 bridgehead atoms. The number of rotatable bonds is 17. The lowest BCUT2D eigenvalue weighted by Gasteiger charge is -2.12. The fourth-order valence-corrected chi connectivity index (χ4v) is 3.24. The predicted octanol–water partition coefficient (Wildman–Crippen LogP) is 0.730. The Morgan fingerprint density at radius 1 is 0.750 bits per heavy atom. The zero-order chi connectivity index (χ0) is 33.2. The van der Waals surface area contributed by atoms with Gasteiger partial charge in [-0.25, -0.2) is 0 Å². The molecule has 0 aliphatic carbocycles. The summed E-state index contributed by atoms with van der Waals surface area (Å²) in [5.41, 5.74) is 1.32. The summed E-state index contributed by atoms with van der Waals surface area (Å²) in [6.07, 6.45) is 8.33. The van der Waals surface area contributed by atoms with E-state index in [2.05, 4.69) is 52.6 Å². The van der Waals surface area contributed by atoms with E-state index in [4.69, 9.17) is 0 Å². The van der Waals surface area contributed by atoms with E-state index >= 15 is 0 Å². The van der Waals surface area contributed by atoms with Gasteiger partial charge in [0, 0.05) is 25.2 Å². The van der Waals surface area contributed by atoms with Crippen molar-refractivity contribution < 1.29 is 33.6 Å². The molecular formula is C31H48N6O7. The van der Waals surface area contributed by atoms with Crippen molar-refractivity contribution in [3.63, 3.8) is 0 Å². The quantitative estimate of drug-likeness (QED) is 0.0971. The van der Waals surface area contributed by atoms with Gasteiger partial charge in [0.15, 0.2) is 0 Å². The number of aryl methyl sites for hydroxylation is 1. The highest BCUT2D eigenvalue weighted by Gasteiger charge is 2.22. The van der Waals surface area contributed by atoms with Gasteiger partial charge in [-0.05, 0) is 19.3 Å². The van der Waals surface area contributed by atoms with Gasteiger partial charge in [0.25, 0.3) is 11.8 Å². The lowest BCUT2D eigenvalue weighted by atomic mass is 10.1. The van der Waals surface area contributed by atoms with Crippen LogP contribution in [0.5, 0.6) is 0 Å². The molecule has 0 saturated carbocycles. The predicted molar refractivity (Wildman–Crippen MR) is 167 cm³/mol. The summed E-state index contributed by atoms with van der Waals surface area (Å²) >= 11 is 0. The Hall–Kier alpha value is -4.55. The third kappa shape index (κ3) is 21.2. The molecule has 1 aliphatic rings. The second-order valence-corrected chi connectivity index (χ2v) is 10.0. The summed E-state index contributed by atoms with van der Waals surface area (Å²) in [5.74, 6) is -1.88. The summed E-state index contributed by atoms with van der Waals surface area (Å²) in [5, 5.41) is 11.7. The Balaban J connectivity index is 0.000000756. The zero-order valence-corrected chi connectivity index (χ0v) is 26.3. The van der Waals surface area contributed by atoms with Gasteiger partial charge in [0.2, 0.25) is 30.0 Å². The molecule has 0 fully saturated rings. The lowest BCUT2D eigenvalue weighted by molar-refractivity contribution is -0.137. The highest BCUT2D eigenvalue weighted by atomic mass is 16.2. The lowest BCUT2D eigenvalue weighted by Crippen LogP contribution is -2.45. The summed E-state index contributed by atoms with van der Waals surface area (Å²) in [6.45, 7) is 8.33. The van der Waals surface area contributed by atoms with Crippen molar-refractivity contribution in [2.75, 3.05) is 39.3 Å². The number of nitrogens with zero attached hydrogens (tertiary/aromatic N) is 1. The van der Waals surface area contributed by atoms with Crippen molar-refractivity contribution in [3.8, 4) is 0 Å². The van der Waals surface area contributed by atoms with E-state index in [1.807, 2.05) is 32.0 Å². The molecule has 0 radical (unpaired) electrons. The molecule has 0 saturated heterocycles. The largest absolute Gasteiger partial charge is 0.354 e. The molecule has 1 unspecified atom stereocenters. The first-order chi connectivity index (χ1) is 21.0. The van der Waals surface area contributed by atoms with Crippen LogP contribution >= 0.6 is 0 Å². The SMILES string of the molecule is CCC(C)CNC(=O)CNC(=O)CNC(=O)CNC(=O)CNC=O.CCCCCCN1C(=O)C=CC1=O.Cc1ccccc1. The van der Waals surface area contributed by atoms with Crippen LogP contribution in [0.15, 0.2) is 42.5 Å². The normalized spacial score (nSPS) is 12.0. The fourth-order valence-electron chi connectivity index (χ4n) is 3.24. The molecule has 13 nitrogen and oxygen atoms in total. The Kier molecular flexibility index (Phi) is 22.4. The number of carbonyl (C=O) groups is 7. The molecule has 244 valence electrons. The fraction of sp³-hybridized carbons (Fsp3) is 0.516. The van der Waals surface area contributed by atoms with Crippen LogP contribution in [-0.2, 0) is 33.6 Å². The topological polar surface area (TPSA) is 183 Å². The molecule has 1 aromatic carbocycles. The van der Waals surface area contributed by atoms with Crippen LogP contribution in [0.1, 0.15) is 58.4 Å². The Morgan fingerprint density at radius 3 is 1.68 bits per heavy atom. The van der Waals surface area contributed by atoms with Crippen LogP contribution in [0.2, 0.25) is 0 Å². The summed E-state index contributed by atoms with van der Waals surface area (Å²) in [7, 11) is 0. The number of imide groups is 1. The Bertz CT molecular complexity index is 1060. The van der Waals surface area contributed by atoms with Gasteiger partial charge in [0.05, 0.1) is 26.2 Å². The number of amides is 7. The molecule has 0 spiro atoms. The first-order valence-corrected chi connectivity index (χ1v) is 14.8. The first kappa shape index (κ1) is 39.5. The van der Waals surface area contributed by atoms with E-state index in [0.717, 1.165) is 19.3 Å². The van der Waals surface area contributed by atoms with E-state index in [0.29, 0.717) is 25.4 Å². The summed E-state index contributed by atoms with van der Waals surface area (Å²) in [4.78, 5) is 78.9. The summed E-state index contributed by atoms with van der Waals surface area (Å²) in [6, 6.07) is 10.3. The standard InChI is InChI=1S/C14H25N5O5.C10H15NO2.C7H8/c1-3-10(2)4-16-12(22)6-18-14(24)8-19-13(23)7-17-11(21)5-15-9-20;1-2-3-4-5-8-11-9(12)6-7-10(11)13;1-7-5-3-2-4-6-7/h9-10H,3-8H2,1-2H3,(H,15,20)(H,16,22)(H,17,21)(H,18,24)(H,19,23);6-7H,2-5,8H2,1H3;2-6H,1H3. The molecule has 1 aliphatic heterocycles. The van der Waals surface area contributed by atoms with Crippen LogP contribution in [-0.4, -0.2) is 86.0 Å². The molecule has 1 aromatic rings. The number of nitrogens with one attached hydrogen (secondary N) is 5. The van der Waals surface area contributed by atoms with Gasteiger partial charge in [-0.1, -0.05) is 82.3 Å². The highest BCUT2D eigenvalue weighted by molar-refractivity contribution is 6.12. The molecule has 1 heterocycles. The van der Waals surface area contributed by atoms with Crippen LogP contribution in [0.3, 0.4) is 0 Å². The van der Waals surface area contributed by atoms with Crippen molar-refractivity contribution in [2.45, 2.75) is 59.8 Å². The van der Waals surface area contributed by atoms with Gasteiger partial charge in [0.1, 0.15) is 0 Å². The zero-order valence-electron chi connectivity index (χ0n) is 26.3. The van der Waals surface area contributed by atoms with Crippen molar-refractivity contribution in [1.29, 1.82) is 0 Å². The average Bonchev–Trinajstić information content (AvgIpc) is 3.34. The maximum Gasteiger partial charge on any atom is 0.253 e. The van der Waals surface area contributed by atoms with E-state index < -0.39 is 17.7 Å².